The van der Waals surface area contributed by atoms with Crippen molar-refractivity contribution in [3.05, 3.63) is 34.2 Å². The van der Waals surface area contributed by atoms with E-state index in [1.54, 1.807) is 0 Å². The van der Waals surface area contributed by atoms with Gasteiger partial charge in [-0.05, 0) is 62.6 Å². The predicted molar refractivity (Wildman–Crippen MR) is 114 cm³/mol. The summed E-state index contributed by atoms with van der Waals surface area (Å²) in [7, 11) is 0. The Bertz CT molecular complexity index is 957. The molecular formula is C23H32N4O2. The smallest absolute Gasteiger partial charge is 0.329 e. The molecule has 0 atom stereocenters. The summed E-state index contributed by atoms with van der Waals surface area (Å²) in [4.78, 5) is 28.4. The Kier molecular flexibility index (Phi) is 4.98. The zero-order valence-corrected chi connectivity index (χ0v) is 17.2. The fraction of sp³-hybridized carbons (Fsp3) is 0.652. The number of aromatic nitrogens is 2. The SMILES string of the molecule is NC1CCN(C(=O)c2ccc3c(c2)n(CC2CC2)c(=O)n3C2CCCCC2)CC1. The molecule has 2 aliphatic carbocycles. The summed E-state index contributed by atoms with van der Waals surface area (Å²) < 4.78 is 3.98. The third-order valence-corrected chi connectivity index (χ3v) is 7.11. The summed E-state index contributed by atoms with van der Waals surface area (Å²) in [6.45, 7) is 2.22. The number of carbonyl (C=O) groups excluding carboxylic acids is 1. The van der Waals surface area contributed by atoms with Crippen molar-refractivity contribution in [1.82, 2.24) is 14.0 Å². The summed E-state index contributed by atoms with van der Waals surface area (Å²) in [5, 5.41) is 0. The van der Waals surface area contributed by atoms with Gasteiger partial charge in [0.1, 0.15) is 0 Å². The second-order valence-corrected chi connectivity index (χ2v) is 9.33. The van der Waals surface area contributed by atoms with Gasteiger partial charge in [0.25, 0.3) is 5.91 Å². The molecule has 6 nitrogen and oxygen atoms in total. The van der Waals surface area contributed by atoms with Crippen molar-refractivity contribution in [3.63, 3.8) is 0 Å². The van der Waals surface area contributed by atoms with E-state index in [2.05, 4.69) is 0 Å². The predicted octanol–water partition coefficient (Wildman–Crippen LogP) is 3.28. The molecule has 1 amide bonds. The zero-order valence-electron chi connectivity index (χ0n) is 17.2. The molecule has 0 radical (unpaired) electrons. The van der Waals surface area contributed by atoms with Crippen LogP contribution in [0, 0.1) is 5.92 Å². The number of imidazole rings is 1. The van der Waals surface area contributed by atoms with Gasteiger partial charge in [-0.3, -0.25) is 13.9 Å². The van der Waals surface area contributed by atoms with Crippen molar-refractivity contribution in [2.75, 3.05) is 13.1 Å². The maximum atomic E-state index is 13.4. The van der Waals surface area contributed by atoms with Crippen molar-refractivity contribution >= 4 is 16.9 Å². The van der Waals surface area contributed by atoms with Crippen LogP contribution < -0.4 is 11.4 Å². The molecule has 1 aliphatic heterocycles. The molecule has 6 heteroatoms. The average molecular weight is 397 g/mol. The minimum absolute atomic E-state index is 0.0645. The van der Waals surface area contributed by atoms with Gasteiger partial charge in [0.2, 0.25) is 0 Å². The summed E-state index contributed by atoms with van der Waals surface area (Å²) in [5.41, 5.74) is 8.74. The number of piperidine rings is 1. The lowest BCUT2D eigenvalue weighted by molar-refractivity contribution is 0.0715. The molecular weight excluding hydrogens is 364 g/mol. The molecule has 29 heavy (non-hydrogen) atoms. The van der Waals surface area contributed by atoms with E-state index in [0.717, 1.165) is 56.4 Å². The average Bonchev–Trinajstić information content (AvgIpc) is 3.53. The number of hydrogen-bond acceptors (Lipinski definition) is 3. The van der Waals surface area contributed by atoms with Crippen molar-refractivity contribution in [3.8, 4) is 0 Å². The second-order valence-electron chi connectivity index (χ2n) is 9.33. The fourth-order valence-corrected chi connectivity index (χ4v) is 5.12. The Morgan fingerprint density at radius 2 is 1.69 bits per heavy atom. The number of likely N-dealkylation sites (tertiary alicyclic amines) is 1. The van der Waals surface area contributed by atoms with E-state index in [1.165, 1.54) is 32.1 Å². The van der Waals surface area contributed by atoms with Crippen LogP contribution in [-0.4, -0.2) is 39.1 Å². The van der Waals surface area contributed by atoms with E-state index in [4.69, 9.17) is 5.73 Å². The molecule has 2 N–H and O–H groups in total. The Balaban J connectivity index is 1.53. The van der Waals surface area contributed by atoms with Crippen molar-refractivity contribution in [2.45, 2.75) is 76.4 Å². The Labute approximate surface area is 171 Å². The molecule has 1 aromatic heterocycles. The van der Waals surface area contributed by atoms with Gasteiger partial charge in [-0.2, -0.15) is 0 Å². The first kappa shape index (κ1) is 18.9. The van der Waals surface area contributed by atoms with E-state index < -0.39 is 0 Å². The highest BCUT2D eigenvalue weighted by Gasteiger charge is 2.28. The maximum absolute atomic E-state index is 13.4. The van der Waals surface area contributed by atoms with Crippen LogP contribution in [0.15, 0.2) is 23.0 Å². The Morgan fingerprint density at radius 1 is 0.966 bits per heavy atom. The minimum atomic E-state index is 0.0645. The molecule has 1 saturated heterocycles. The number of hydrogen-bond donors (Lipinski definition) is 1. The first-order valence-electron chi connectivity index (χ1n) is 11.4. The summed E-state index contributed by atoms with van der Waals surface area (Å²) >= 11 is 0. The molecule has 2 saturated carbocycles. The first-order chi connectivity index (χ1) is 14.1. The second kappa shape index (κ2) is 7.63. The monoisotopic (exact) mass is 396 g/mol. The number of nitrogens with zero attached hydrogens (tertiary/aromatic N) is 3. The van der Waals surface area contributed by atoms with Gasteiger partial charge >= 0.3 is 5.69 Å². The molecule has 3 fully saturated rings. The normalized spacial score (nSPS) is 21.8. The van der Waals surface area contributed by atoms with Gasteiger partial charge in [-0.15, -0.1) is 0 Å². The molecule has 156 valence electrons. The fourth-order valence-electron chi connectivity index (χ4n) is 5.12. The van der Waals surface area contributed by atoms with Crippen LogP contribution >= 0.6 is 0 Å². The van der Waals surface area contributed by atoms with Crippen molar-refractivity contribution < 1.29 is 4.79 Å². The Morgan fingerprint density at radius 3 is 2.38 bits per heavy atom. The highest BCUT2D eigenvalue weighted by atomic mass is 16.2. The van der Waals surface area contributed by atoms with E-state index in [9.17, 15) is 9.59 Å². The molecule has 3 aliphatic rings. The highest BCUT2D eigenvalue weighted by Crippen LogP contribution is 2.34. The van der Waals surface area contributed by atoms with Crippen LogP contribution in [0.1, 0.15) is 74.2 Å². The van der Waals surface area contributed by atoms with E-state index >= 15 is 0 Å². The van der Waals surface area contributed by atoms with E-state index in [1.807, 2.05) is 32.2 Å². The molecule has 5 rings (SSSR count). The van der Waals surface area contributed by atoms with Crippen LogP contribution in [0.3, 0.4) is 0 Å². The largest absolute Gasteiger partial charge is 0.339 e. The molecule has 0 spiro atoms. The van der Waals surface area contributed by atoms with Crippen molar-refractivity contribution in [1.29, 1.82) is 0 Å². The lowest BCUT2D eigenvalue weighted by Gasteiger charge is -2.30. The summed E-state index contributed by atoms with van der Waals surface area (Å²) in [6.07, 6.45) is 9.94. The third kappa shape index (κ3) is 3.63. The number of benzene rings is 1. The number of amides is 1. The molecule has 2 heterocycles. The van der Waals surface area contributed by atoms with E-state index in [-0.39, 0.29) is 17.6 Å². The topological polar surface area (TPSA) is 73.3 Å². The summed E-state index contributed by atoms with van der Waals surface area (Å²) in [6, 6.07) is 6.39. The lowest BCUT2D eigenvalue weighted by atomic mass is 9.95. The molecule has 0 unspecified atom stereocenters. The van der Waals surface area contributed by atoms with Gasteiger partial charge in [0.05, 0.1) is 11.0 Å². The Hall–Kier alpha value is -2.08. The first-order valence-corrected chi connectivity index (χ1v) is 11.4. The van der Waals surface area contributed by atoms with Gasteiger partial charge < -0.3 is 10.6 Å². The number of fused-ring (bicyclic) bond motifs is 1. The quantitative estimate of drug-likeness (QED) is 0.862. The van der Waals surface area contributed by atoms with E-state index in [0.29, 0.717) is 17.5 Å². The van der Waals surface area contributed by atoms with Gasteiger partial charge in [-0.1, -0.05) is 19.3 Å². The number of nitrogens with two attached hydrogens (primary N) is 1. The zero-order chi connectivity index (χ0) is 20.0. The molecule has 0 bridgehead atoms. The minimum Gasteiger partial charge on any atom is -0.339 e. The molecule has 2 aromatic rings. The number of rotatable bonds is 4. The third-order valence-electron chi connectivity index (χ3n) is 7.11. The summed E-state index contributed by atoms with van der Waals surface area (Å²) in [5.74, 6) is 0.677. The lowest BCUT2D eigenvalue weighted by Crippen LogP contribution is -2.42. The van der Waals surface area contributed by atoms with Crippen LogP contribution in [0.4, 0.5) is 0 Å². The van der Waals surface area contributed by atoms with Crippen LogP contribution in [0.5, 0.6) is 0 Å². The van der Waals surface area contributed by atoms with Gasteiger partial charge in [-0.25, -0.2) is 4.79 Å². The van der Waals surface area contributed by atoms with Crippen molar-refractivity contribution in [2.24, 2.45) is 11.7 Å². The number of carbonyl (C=O) groups is 1. The maximum Gasteiger partial charge on any atom is 0.329 e. The van der Waals surface area contributed by atoms with Crippen LogP contribution in [0.25, 0.3) is 11.0 Å². The van der Waals surface area contributed by atoms with Crippen LogP contribution in [-0.2, 0) is 6.54 Å². The van der Waals surface area contributed by atoms with Crippen LogP contribution in [0.2, 0.25) is 0 Å². The molecule has 1 aromatic carbocycles. The van der Waals surface area contributed by atoms with Gasteiger partial charge in [0.15, 0.2) is 0 Å². The van der Waals surface area contributed by atoms with Gasteiger partial charge in [0, 0.05) is 37.3 Å². The standard InChI is InChI=1S/C23H32N4O2/c24-18-10-12-25(13-11-18)22(28)17-8-9-20-21(14-17)26(15-16-6-7-16)23(29)27(20)19-4-2-1-3-5-19/h8-9,14,16,18-19H,1-7,10-13,15,24H2. The highest BCUT2D eigenvalue weighted by molar-refractivity contribution is 5.97.